The second-order valence-corrected chi connectivity index (χ2v) is 5.94. The van der Waals surface area contributed by atoms with Gasteiger partial charge in [0.1, 0.15) is 12.4 Å². The first-order chi connectivity index (χ1) is 9.85. The lowest BCUT2D eigenvalue weighted by molar-refractivity contribution is -0.127. The number of aliphatic hydroxyl groups is 2. The molecule has 2 rings (SSSR count). The zero-order valence-corrected chi connectivity index (χ0v) is 12.6. The molecule has 0 fully saturated rings. The van der Waals surface area contributed by atoms with Crippen molar-refractivity contribution in [1.82, 2.24) is 0 Å². The van der Waals surface area contributed by atoms with E-state index in [-0.39, 0.29) is 19.1 Å². The van der Waals surface area contributed by atoms with Crippen LogP contribution in [0.2, 0.25) is 0 Å². The molecule has 1 aromatic rings. The van der Waals surface area contributed by atoms with Crippen molar-refractivity contribution in [3.63, 3.8) is 0 Å². The quantitative estimate of drug-likeness (QED) is 0.766. The van der Waals surface area contributed by atoms with Crippen LogP contribution in [0, 0.1) is 5.41 Å². The van der Waals surface area contributed by atoms with E-state index in [0.717, 1.165) is 11.4 Å². The molecule has 1 unspecified atom stereocenters. The third kappa shape index (κ3) is 3.28. The number of ether oxygens (including phenoxy) is 1. The highest BCUT2D eigenvalue weighted by atomic mass is 16.5. The van der Waals surface area contributed by atoms with Gasteiger partial charge in [-0.2, -0.15) is 0 Å². The van der Waals surface area contributed by atoms with Crippen LogP contribution in [-0.4, -0.2) is 49.0 Å². The van der Waals surface area contributed by atoms with Gasteiger partial charge in [-0.25, -0.2) is 0 Å². The second kappa shape index (κ2) is 5.91. The Kier molecular flexibility index (Phi) is 4.39. The van der Waals surface area contributed by atoms with Crippen molar-refractivity contribution in [1.29, 1.82) is 0 Å². The molecule has 0 bridgehead atoms. The Balaban J connectivity index is 2.21. The summed E-state index contributed by atoms with van der Waals surface area (Å²) in [5.41, 5.74) is 0.912. The number of nitrogens with zero attached hydrogens (tertiary/aromatic N) is 1. The maximum Gasteiger partial charge on any atom is 0.235 e. The van der Waals surface area contributed by atoms with Crippen LogP contribution in [0.5, 0.6) is 5.75 Å². The smallest absolute Gasteiger partial charge is 0.235 e. The van der Waals surface area contributed by atoms with Crippen LogP contribution >= 0.6 is 0 Å². The molecule has 0 aromatic heterocycles. The molecule has 6 nitrogen and oxygen atoms in total. The van der Waals surface area contributed by atoms with Crippen molar-refractivity contribution in [2.45, 2.75) is 20.0 Å². The van der Waals surface area contributed by atoms with Crippen molar-refractivity contribution in [3.05, 3.63) is 18.2 Å². The summed E-state index contributed by atoms with van der Waals surface area (Å²) in [4.78, 5) is 13.9. The monoisotopic (exact) mass is 294 g/mol. The van der Waals surface area contributed by atoms with E-state index in [1.807, 2.05) is 26.0 Å². The molecule has 0 spiro atoms. The minimum atomic E-state index is -0.812. The van der Waals surface area contributed by atoms with Gasteiger partial charge in [0, 0.05) is 25.3 Å². The van der Waals surface area contributed by atoms with Gasteiger partial charge in [0.15, 0.2) is 0 Å². The van der Waals surface area contributed by atoms with Crippen LogP contribution in [0.3, 0.4) is 0 Å². The minimum absolute atomic E-state index is 0.0117. The lowest BCUT2D eigenvalue weighted by Gasteiger charge is -2.24. The summed E-state index contributed by atoms with van der Waals surface area (Å²) in [7, 11) is 1.74. The number of nitrogens with one attached hydrogen (secondary N) is 1. The molecule has 0 saturated heterocycles. The summed E-state index contributed by atoms with van der Waals surface area (Å²) in [6, 6.07) is 5.42. The van der Waals surface area contributed by atoms with Crippen LogP contribution in [-0.2, 0) is 4.79 Å². The Morgan fingerprint density at radius 2 is 2.19 bits per heavy atom. The highest BCUT2D eigenvalue weighted by molar-refractivity contribution is 5.99. The lowest BCUT2D eigenvalue weighted by atomic mass is 9.93. The van der Waals surface area contributed by atoms with Crippen LogP contribution < -0.4 is 15.0 Å². The first kappa shape index (κ1) is 15.6. The zero-order chi connectivity index (χ0) is 15.6. The van der Waals surface area contributed by atoms with Crippen LogP contribution in [0.25, 0.3) is 0 Å². The second-order valence-electron chi connectivity index (χ2n) is 5.94. The van der Waals surface area contributed by atoms with E-state index in [1.54, 1.807) is 18.0 Å². The highest BCUT2D eigenvalue weighted by Gasteiger charge is 2.36. The van der Waals surface area contributed by atoms with Crippen molar-refractivity contribution >= 4 is 17.3 Å². The Hall–Kier alpha value is -1.79. The number of amides is 1. The number of carbonyl (C=O) groups is 1. The molecule has 1 amide bonds. The van der Waals surface area contributed by atoms with Gasteiger partial charge in [-0.05, 0) is 26.0 Å². The Morgan fingerprint density at radius 3 is 2.86 bits per heavy atom. The summed E-state index contributed by atoms with van der Waals surface area (Å²) in [5, 5.41) is 21.2. The van der Waals surface area contributed by atoms with Gasteiger partial charge in [0.05, 0.1) is 23.8 Å². The zero-order valence-electron chi connectivity index (χ0n) is 12.6. The van der Waals surface area contributed by atoms with E-state index in [9.17, 15) is 9.90 Å². The molecular formula is C15H22N2O4. The predicted octanol–water partition coefficient (Wildman–Crippen LogP) is 0.833. The lowest BCUT2D eigenvalue weighted by Crippen LogP contribution is -2.39. The van der Waals surface area contributed by atoms with Crippen molar-refractivity contribution < 1.29 is 19.7 Å². The fourth-order valence-corrected chi connectivity index (χ4v) is 2.20. The molecule has 21 heavy (non-hydrogen) atoms. The van der Waals surface area contributed by atoms with E-state index in [2.05, 4.69) is 5.32 Å². The SMILES string of the molecule is CN1C(=O)C(C)(C)COc2cc(NCC(O)CO)ccc21. The van der Waals surface area contributed by atoms with Gasteiger partial charge in [-0.1, -0.05) is 0 Å². The number of benzene rings is 1. The summed E-state index contributed by atoms with van der Waals surface area (Å²) in [5.74, 6) is 0.637. The molecule has 1 aliphatic heterocycles. The molecule has 6 heteroatoms. The molecule has 1 aromatic carbocycles. The molecule has 116 valence electrons. The number of hydrogen-bond acceptors (Lipinski definition) is 5. The number of hydrogen-bond donors (Lipinski definition) is 3. The molecule has 0 aliphatic carbocycles. The maximum atomic E-state index is 12.3. The number of fused-ring (bicyclic) bond motifs is 1. The highest BCUT2D eigenvalue weighted by Crippen LogP contribution is 2.37. The van der Waals surface area contributed by atoms with Crippen LogP contribution in [0.15, 0.2) is 18.2 Å². The average molecular weight is 294 g/mol. The van der Waals surface area contributed by atoms with Gasteiger partial charge in [-0.3, -0.25) is 4.79 Å². The number of rotatable bonds is 4. The fourth-order valence-electron chi connectivity index (χ4n) is 2.20. The van der Waals surface area contributed by atoms with E-state index >= 15 is 0 Å². The van der Waals surface area contributed by atoms with E-state index in [4.69, 9.17) is 9.84 Å². The maximum absolute atomic E-state index is 12.3. The van der Waals surface area contributed by atoms with Crippen LogP contribution in [0.4, 0.5) is 11.4 Å². The normalized spacial score (nSPS) is 18.5. The first-order valence-electron chi connectivity index (χ1n) is 6.93. The summed E-state index contributed by atoms with van der Waals surface area (Å²) in [6.45, 7) is 3.98. The molecule has 1 heterocycles. The minimum Gasteiger partial charge on any atom is -0.490 e. The fraction of sp³-hybridized carbons (Fsp3) is 0.533. The van der Waals surface area contributed by atoms with E-state index in [0.29, 0.717) is 12.4 Å². The molecule has 0 saturated carbocycles. The van der Waals surface area contributed by atoms with Gasteiger partial charge in [0.2, 0.25) is 5.91 Å². The molecule has 1 aliphatic rings. The summed E-state index contributed by atoms with van der Waals surface area (Å²) < 4.78 is 5.76. The number of carbonyl (C=O) groups excluding carboxylic acids is 1. The Bertz CT molecular complexity index is 530. The van der Waals surface area contributed by atoms with Crippen molar-refractivity contribution in [2.24, 2.45) is 5.41 Å². The van der Waals surface area contributed by atoms with Gasteiger partial charge >= 0.3 is 0 Å². The van der Waals surface area contributed by atoms with Gasteiger partial charge in [-0.15, -0.1) is 0 Å². The molecule has 3 N–H and O–H groups in total. The van der Waals surface area contributed by atoms with Gasteiger partial charge < -0.3 is 25.2 Å². The third-order valence-electron chi connectivity index (χ3n) is 3.55. The summed E-state index contributed by atoms with van der Waals surface area (Å²) >= 11 is 0. The largest absolute Gasteiger partial charge is 0.490 e. The number of aliphatic hydroxyl groups excluding tert-OH is 2. The van der Waals surface area contributed by atoms with E-state index in [1.165, 1.54) is 0 Å². The van der Waals surface area contributed by atoms with Crippen molar-refractivity contribution in [2.75, 3.05) is 37.0 Å². The number of anilines is 2. The third-order valence-corrected chi connectivity index (χ3v) is 3.55. The van der Waals surface area contributed by atoms with Crippen molar-refractivity contribution in [3.8, 4) is 5.75 Å². The van der Waals surface area contributed by atoms with Crippen LogP contribution in [0.1, 0.15) is 13.8 Å². The molecule has 0 radical (unpaired) electrons. The average Bonchev–Trinajstić information content (AvgIpc) is 2.56. The summed E-state index contributed by atoms with van der Waals surface area (Å²) in [6.07, 6.45) is -0.812. The topological polar surface area (TPSA) is 82.0 Å². The van der Waals surface area contributed by atoms with E-state index < -0.39 is 11.5 Å². The standard InChI is InChI=1S/C15H22N2O4/c1-15(2)9-21-13-6-10(16-7-11(19)8-18)4-5-12(13)17(3)14(15)20/h4-6,11,16,18-19H,7-9H2,1-3H3. The Labute approximate surface area is 124 Å². The predicted molar refractivity (Wildman–Crippen MR) is 80.7 cm³/mol. The first-order valence-corrected chi connectivity index (χ1v) is 6.93. The molecular weight excluding hydrogens is 272 g/mol. The van der Waals surface area contributed by atoms with Gasteiger partial charge in [0.25, 0.3) is 0 Å². The Morgan fingerprint density at radius 1 is 1.48 bits per heavy atom. The molecule has 1 atom stereocenters.